The topological polar surface area (TPSA) is 63.4 Å². The molecule has 1 aliphatic rings. The van der Waals surface area contributed by atoms with Gasteiger partial charge in [-0.05, 0) is 24.8 Å². The van der Waals surface area contributed by atoms with E-state index in [1.807, 2.05) is 30.3 Å². The molecule has 0 unspecified atom stereocenters. The Bertz CT molecular complexity index is 455. The number of hydrogen-bond acceptors (Lipinski definition) is 3. The summed E-state index contributed by atoms with van der Waals surface area (Å²) in [5.74, 6) is -0.0992. The van der Waals surface area contributed by atoms with Crippen molar-refractivity contribution in [2.75, 3.05) is 6.54 Å². The summed E-state index contributed by atoms with van der Waals surface area (Å²) in [6.45, 7) is 0.159. The van der Waals surface area contributed by atoms with Crippen molar-refractivity contribution in [1.82, 2.24) is 4.90 Å². The van der Waals surface area contributed by atoms with Gasteiger partial charge in [0.05, 0.1) is 12.6 Å². The minimum atomic E-state index is -0.575. The third-order valence-corrected chi connectivity index (χ3v) is 4.19. The highest BCUT2D eigenvalue weighted by Gasteiger charge is 2.28. The highest BCUT2D eigenvalue weighted by molar-refractivity contribution is 5.84. The molecule has 1 atom stereocenters. The van der Waals surface area contributed by atoms with Crippen LogP contribution in [0.2, 0.25) is 0 Å². The van der Waals surface area contributed by atoms with Gasteiger partial charge < -0.3 is 15.4 Å². The quantitative estimate of drug-likeness (QED) is 0.813. The summed E-state index contributed by atoms with van der Waals surface area (Å²) >= 11 is 0. The maximum absolute atomic E-state index is 12.6. The molecule has 0 spiro atoms. The molecule has 2 rings (SSSR count). The molecular weight excluding hydrogens is 264 g/mol. The summed E-state index contributed by atoms with van der Waals surface area (Å²) in [4.78, 5) is 25.2. The lowest BCUT2D eigenvalue weighted by Crippen LogP contribution is -2.50. The van der Waals surface area contributed by atoms with Crippen LogP contribution < -0.4 is 5.73 Å². The number of nitrogens with two attached hydrogens (primary N) is 1. The molecule has 2 N–H and O–H groups in total. The molecular formula is C17H24N2O2. The van der Waals surface area contributed by atoms with Crippen LogP contribution in [0.3, 0.4) is 0 Å². The van der Waals surface area contributed by atoms with E-state index in [1.165, 1.54) is 6.42 Å². The van der Waals surface area contributed by atoms with Gasteiger partial charge >= 0.3 is 0 Å². The fourth-order valence-corrected chi connectivity index (χ4v) is 3.06. The SMILES string of the molecule is N[C@@H](Cc1ccccc1)C(=O)N(CC=O)C1CCCCC1. The third-order valence-electron chi connectivity index (χ3n) is 4.19. The Morgan fingerprint density at radius 1 is 1.24 bits per heavy atom. The van der Waals surface area contributed by atoms with Crippen molar-refractivity contribution in [3.63, 3.8) is 0 Å². The van der Waals surface area contributed by atoms with Crippen molar-refractivity contribution in [2.45, 2.75) is 50.6 Å². The molecule has 0 aromatic heterocycles. The Kier molecular flexibility index (Phi) is 5.93. The molecule has 1 fully saturated rings. The zero-order valence-electron chi connectivity index (χ0n) is 12.4. The summed E-state index contributed by atoms with van der Waals surface area (Å²) < 4.78 is 0. The van der Waals surface area contributed by atoms with E-state index in [2.05, 4.69) is 0 Å². The Labute approximate surface area is 126 Å². The van der Waals surface area contributed by atoms with Crippen molar-refractivity contribution in [3.8, 4) is 0 Å². The molecule has 4 heteroatoms. The minimum absolute atomic E-state index is 0.0992. The first kappa shape index (κ1) is 15.7. The van der Waals surface area contributed by atoms with Gasteiger partial charge in [0, 0.05) is 6.04 Å². The van der Waals surface area contributed by atoms with Crippen LogP contribution in [0.15, 0.2) is 30.3 Å². The number of carbonyl (C=O) groups excluding carboxylic acids is 2. The lowest BCUT2D eigenvalue weighted by Gasteiger charge is -2.34. The lowest BCUT2D eigenvalue weighted by atomic mass is 9.93. The van der Waals surface area contributed by atoms with Crippen LogP contribution in [0, 0.1) is 0 Å². The monoisotopic (exact) mass is 288 g/mol. The zero-order valence-corrected chi connectivity index (χ0v) is 12.4. The summed E-state index contributed by atoms with van der Waals surface area (Å²) in [5.41, 5.74) is 7.13. The van der Waals surface area contributed by atoms with Gasteiger partial charge in [0.1, 0.15) is 6.29 Å². The zero-order chi connectivity index (χ0) is 15.1. The molecule has 21 heavy (non-hydrogen) atoms. The molecule has 1 aromatic rings. The van der Waals surface area contributed by atoms with Gasteiger partial charge in [-0.2, -0.15) is 0 Å². The van der Waals surface area contributed by atoms with Crippen molar-refractivity contribution in [2.24, 2.45) is 5.73 Å². The summed E-state index contributed by atoms with van der Waals surface area (Å²) in [6.07, 6.45) is 6.76. The summed E-state index contributed by atoms with van der Waals surface area (Å²) in [5, 5.41) is 0. The number of aldehydes is 1. The molecule has 0 saturated heterocycles. The van der Waals surface area contributed by atoms with E-state index >= 15 is 0 Å². The van der Waals surface area contributed by atoms with Crippen LogP contribution in [-0.2, 0) is 16.0 Å². The molecule has 1 aliphatic carbocycles. The van der Waals surface area contributed by atoms with Gasteiger partial charge in [0.15, 0.2) is 0 Å². The van der Waals surface area contributed by atoms with Crippen LogP contribution in [0.5, 0.6) is 0 Å². The van der Waals surface area contributed by atoms with Gasteiger partial charge in [0.2, 0.25) is 5.91 Å². The van der Waals surface area contributed by atoms with E-state index in [0.717, 1.165) is 37.5 Å². The summed E-state index contributed by atoms with van der Waals surface area (Å²) in [7, 11) is 0. The second-order valence-electron chi connectivity index (χ2n) is 5.75. The normalized spacial score (nSPS) is 17.2. The average Bonchev–Trinajstić information content (AvgIpc) is 2.53. The molecule has 114 valence electrons. The standard InChI is InChI=1S/C17H24N2O2/c18-16(13-14-7-3-1-4-8-14)17(21)19(11-12-20)15-9-5-2-6-10-15/h1,3-4,7-8,12,15-16H,2,5-6,9-11,13,18H2/t16-/m0/s1. The number of rotatable bonds is 6. The maximum Gasteiger partial charge on any atom is 0.240 e. The second-order valence-corrected chi connectivity index (χ2v) is 5.75. The first-order valence-electron chi connectivity index (χ1n) is 7.76. The van der Waals surface area contributed by atoms with Crippen molar-refractivity contribution in [3.05, 3.63) is 35.9 Å². The Morgan fingerprint density at radius 2 is 1.90 bits per heavy atom. The Hall–Kier alpha value is -1.68. The Balaban J connectivity index is 2.01. The van der Waals surface area contributed by atoms with E-state index < -0.39 is 6.04 Å². The van der Waals surface area contributed by atoms with Crippen LogP contribution in [0.25, 0.3) is 0 Å². The molecule has 4 nitrogen and oxygen atoms in total. The Morgan fingerprint density at radius 3 is 2.52 bits per heavy atom. The molecule has 0 heterocycles. The molecule has 1 saturated carbocycles. The largest absolute Gasteiger partial charge is 0.331 e. The van der Waals surface area contributed by atoms with E-state index in [0.29, 0.717) is 6.42 Å². The van der Waals surface area contributed by atoms with E-state index in [4.69, 9.17) is 5.73 Å². The highest BCUT2D eigenvalue weighted by Crippen LogP contribution is 2.23. The predicted molar refractivity (Wildman–Crippen MR) is 82.8 cm³/mol. The third kappa shape index (κ3) is 4.39. The van der Waals surface area contributed by atoms with Gasteiger partial charge in [-0.1, -0.05) is 49.6 Å². The molecule has 0 bridgehead atoms. The van der Waals surface area contributed by atoms with Gasteiger partial charge in [-0.3, -0.25) is 4.79 Å². The molecule has 0 radical (unpaired) electrons. The number of benzene rings is 1. The summed E-state index contributed by atoms with van der Waals surface area (Å²) in [6, 6.07) is 9.37. The van der Waals surface area contributed by atoms with Gasteiger partial charge in [-0.15, -0.1) is 0 Å². The second kappa shape index (κ2) is 7.93. The fourth-order valence-electron chi connectivity index (χ4n) is 3.06. The van der Waals surface area contributed by atoms with Crippen LogP contribution in [-0.4, -0.2) is 35.7 Å². The van der Waals surface area contributed by atoms with Crippen LogP contribution >= 0.6 is 0 Å². The first-order chi connectivity index (χ1) is 10.2. The van der Waals surface area contributed by atoms with Gasteiger partial charge in [-0.25, -0.2) is 0 Å². The molecule has 1 aromatic carbocycles. The number of carbonyl (C=O) groups is 2. The van der Waals surface area contributed by atoms with E-state index in [1.54, 1.807) is 4.90 Å². The van der Waals surface area contributed by atoms with Crippen LogP contribution in [0.4, 0.5) is 0 Å². The van der Waals surface area contributed by atoms with Gasteiger partial charge in [0.25, 0.3) is 0 Å². The number of nitrogens with zero attached hydrogens (tertiary/aromatic N) is 1. The fraction of sp³-hybridized carbons (Fsp3) is 0.529. The highest BCUT2D eigenvalue weighted by atomic mass is 16.2. The van der Waals surface area contributed by atoms with Crippen LogP contribution in [0.1, 0.15) is 37.7 Å². The number of amides is 1. The predicted octanol–water partition coefficient (Wildman–Crippen LogP) is 1.92. The lowest BCUT2D eigenvalue weighted by molar-refractivity contribution is -0.137. The molecule has 0 aliphatic heterocycles. The number of hydrogen-bond donors (Lipinski definition) is 1. The average molecular weight is 288 g/mol. The minimum Gasteiger partial charge on any atom is -0.331 e. The van der Waals surface area contributed by atoms with E-state index in [9.17, 15) is 9.59 Å². The first-order valence-corrected chi connectivity index (χ1v) is 7.76. The van der Waals surface area contributed by atoms with Crippen molar-refractivity contribution < 1.29 is 9.59 Å². The van der Waals surface area contributed by atoms with Crippen molar-refractivity contribution in [1.29, 1.82) is 0 Å². The van der Waals surface area contributed by atoms with Crippen molar-refractivity contribution >= 4 is 12.2 Å². The molecule has 1 amide bonds. The van der Waals surface area contributed by atoms with E-state index in [-0.39, 0.29) is 18.5 Å². The maximum atomic E-state index is 12.6. The smallest absolute Gasteiger partial charge is 0.240 e.